The number of nitrogens with zero attached hydrogens (tertiary/aromatic N) is 1. The van der Waals surface area contributed by atoms with E-state index in [2.05, 4.69) is 5.32 Å². The number of hydrogen-bond donors (Lipinski definition) is 2. The molecule has 2 aliphatic rings. The molecule has 35 heavy (non-hydrogen) atoms. The Balaban J connectivity index is 1.55. The number of carbonyl (C=O) groups excluding carboxylic acids is 2. The number of nitrogens with one attached hydrogen (secondary N) is 1. The molecule has 1 fully saturated rings. The highest BCUT2D eigenvalue weighted by Gasteiger charge is 2.46. The highest BCUT2D eigenvalue weighted by Crippen LogP contribution is 2.36. The van der Waals surface area contributed by atoms with Crippen LogP contribution in [0.3, 0.4) is 0 Å². The summed E-state index contributed by atoms with van der Waals surface area (Å²) in [6.07, 6.45) is -1.58. The molecule has 2 heterocycles. The van der Waals surface area contributed by atoms with Gasteiger partial charge in [0.15, 0.2) is 6.10 Å². The van der Waals surface area contributed by atoms with Gasteiger partial charge in [0.2, 0.25) is 5.91 Å². The summed E-state index contributed by atoms with van der Waals surface area (Å²) in [5.74, 6) is -1.12. The van der Waals surface area contributed by atoms with Crippen LogP contribution >= 0.6 is 11.6 Å². The van der Waals surface area contributed by atoms with Gasteiger partial charge >= 0.3 is 6.16 Å². The first kappa shape index (κ1) is 25.0. The van der Waals surface area contributed by atoms with Crippen LogP contribution in [0.25, 0.3) is 0 Å². The number of fused-ring (bicyclic) bond motifs is 1. The Bertz CT molecular complexity index is 1130. The molecule has 0 saturated carbocycles. The number of hydrogen-bond acceptors (Lipinski definition) is 7. The van der Waals surface area contributed by atoms with Gasteiger partial charge in [-0.05, 0) is 43.7 Å². The van der Waals surface area contributed by atoms with Crippen molar-refractivity contribution in [3.8, 4) is 5.75 Å². The average Bonchev–Trinajstić information content (AvgIpc) is 2.81. The highest BCUT2D eigenvalue weighted by atomic mass is 35.5. The van der Waals surface area contributed by atoms with E-state index in [4.69, 9.17) is 25.8 Å². The number of carbonyl (C=O) groups is 2. The van der Waals surface area contributed by atoms with Gasteiger partial charge in [0.25, 0.3) is 0 Å². The van der Waals surface area contributed by atoms with Crippen molar-refractivity contribution in [1.82, 2.24) is 0 Å². The molecule has 2 unspecified atom stereocenters. The predicted molar refractivity (Wildman–Crippen MR) is 124 cm³/mol. The maximum atomic E-state index is 14.5. The largest absolute Gasteiger partial charge is 0.508 e. The molecule has 8 nitrogen and oxygen atoms in total. The Hall–Kier alpha value is -3.11. The van der Waals surface area contributed by atoms with E-state index in [0.29, 0.717) is 11.3 Å². The van der Waals surface area contributed by atoms with Gasteiger partial charge in [0.1, 0.15) is 29.6 Å². The minimum Gasteiger partial charge on any atom is -0.490 e. The van der Waals surface area contributed by atoms with Gasteiger partial charge in [-0.2, -0.15) is 0 Å². The summed E-state index contributed by atoms with van der Waals surface area (Å²) in [6, 6.07) is 6.83. The summed E-state index contributed by atoms with van der Waals surface area (Å²) in [6.45, 7) is 1.60. The number of anilines is 2. The van der Waals surface area contributed by atoms with Crippen LogP contribution in [-0.2, 0) is 20.7 Å². The normalized spacial score (nSPS) is 21.7. The minimum absolute atomic E-state index is 0.0329. The molecule has 188 valence electrons. The molecule has 2 atom stereocenters. The second kappa shape index (κ2) is 10.2. The molecule has 0 aromatic heterocycles. The minimum atomic E-state index is -1.65. The smallest absolute Gasteiger partial charge is 0.490 e. The van der Waals surface area contributed by atoms with E-state index in [1.165, 1.54) is 24.3 Å². The molecule has 2 aliphatic heterocycles. The van der Waals surface area contributed by atoms with Gasteiger partial charge in [-0.25, -0.2) is 13.6 Å². The van der Waals surface area contributed by atoms with Gasteiger partial charge in [0.05, 0.1) is 24.5 Å². The fourth-order valence-corrected chi connectivity index (χ4v) is 4.41. The van der Waals surface area contributed by atoms with Crippen molar-refractivity contribution < 1.29 is 37.7 Å². The van der Waals surface area contributed by atoms with Crippen LogP contribution in [0, 0.1) is 11.6 Å². The molecule has 1 saturated heterocycles. The van der Waals surface area contributed by atoms with Crippen molar-refractivity contribution in [2.75, 3.05) is 36.5 Å². The van der Waals surface area contributed by atoms with Crippen molar-refractivity contribution in [3.05, 3.63) is 52.6 Å². The second-order valence-electron chi connectivity index (χ2n) is 8.42. The number of ether oxygens (including phenoxy) is 3. The SMILES string of the molecule is CCOC(=O)OC1CN(c2ccc(Cl)cc2F)CCC1(O)COc1ccc(F)c2c1CCC(=O)N2. The quantitative estimate of drug-likeness (QED) is 0.565. The first-order chi connectivity index (χ1) is 16.7. The summed E-state index contributed by atoms with van der Waals surface area (Å²) in [5.41, 5.74) is -0.862. The number of halogens is 3. The molecule has 2 aromatic rings. The summed E-state index contributed by atoms with van der Waals surface area (Å²) in [7, 11) is 0. The Kier molecular flexibility index (Phi) is 7.32. The topological polar surface area (TPSA) is 97.3 Å². The van der Waals surface area contributed by atoms with Crippen LogP contribution in [0.15, 0.2) is 30.3 Å². The van der Waals surface area contributed by atoms with Gasteiger partial charge in [-0.1, -0.05) is 11.6 Å². The van der Waals surface area contributed by atoms with Crippen molar-refractivity contribution in [2.45, 2.75) is 37.9 Å². The van der Waals surface area contributed by atoms with Crippen LogP contribution in [0.5, 0.6) is 5.75 Å². The summed E-state index contributed by atoms with van der Waals surface area (Å²) in [5, 5.41) is 14.2. The first-order valence-corrected chi connectivity index (χ1v) is 11.6. The number of piperidine rings is 1. The summed E-state index contributed by atoms with van der Waals surface area (Å²) >= 11 is 5.85. The Labute approximate surface area is 205 Å². The molecule has 4 rings (SSSR count). The predicted octanol–water partition coefficient (Wildman–Crippen LogP) is 4.06. The fraction of sp³-hybridized carbons (Fsp3) is 0.417. The van der Waals surface area contributed by atoms with Crippen molar-refractivity contribution >= 4 is 35.0 Å². The lowest BCUT2D eigenvalue weighted by atomic mass is 9.88. The molecule has 2 N–H and O–H groups in total. The van der Waals surface area contributed by atoms with E-state index in [0.717, 1.165) is 0 Å². The summed E-state index contributed by atoms with van der Waals surface area (Å²) < 4.78 is 44.9. The van der Waals surface area contributed by atoms with Gasteiger partial charge in [-0.15, -0.1) is 0 Å². The fourth-order valence-electron chi connectivity index (χ4n) is 4.25. The van der Waals surface area contributed by atoms with Crippen LogP contribution in [0.2, 0.25) is 5.02 Å². The molecule has 0 radical (unpaired) electrons. The number of rotatable bonds is 6. The third-order valence-electron chi connectivity index (χ3n) is 6.11. The zero-order valence-electron chi connectivity index (χ0n) is 19.0. The van der Waals surface area contributed by atoms with E-state index in [1.807, 2.05) is 0 Å². The van der Waals surface area contributed by atoms with E-state index in [-0.39, 0.29) is 67.9 Å². The first-order valence-electron chi connectivity index (χ1n) is 11.2. The third kappa shape index (κ3) is 5.43. The molecule has 0 bridgehead atoms. The molecule has 1 amide bonds. The lowest BCUT2D eigenvalue weighted by Crippen LogP contribution is -2.60. The molecule has 0 spiro atoms. The average molecular weight is 511 g/mol. The van der Waals surface area contributed by atoms with Gasteiger partial charge in [0, 0.05) is 30.0 Å². The van der Waals surface area contributed by atoms with E-state index >= 15 is 0 Å². The molecule has 0 aliphatic carbocycles. The second-order valence-corrected chi connectivity index (χ2v) is 8.86. The molecule has 11 heteroatoms. The van der Waals surface area contributed by atoms with Gasteiger partial charge in [-0.3, -0.25) is 4.79 Å². The Morgan fingerprint density at radius 3 is 2.80 bits per heavy atom. The summed E-state index contributed by atoms with van der Waals surface area (Å²) in [4.78, 5) is 25.4. The standard InChI is InChI=1S/C24H25ClF2N2O6/c1-2-33-23(31)35-20-12-29(18-6-3-14(25)11-17(18)27)10-9-24(20,32)13-34-19-7-5-16(26)22-15(19)4-8-21(30)28-22/h3,5-7,11,20,32H,2,4,8-10,12-13H2,1H3,(H,28,30). The number of benzene rings is 2. The van der Waals surface area contributed by atoms with Crippen LogP contribution in [0.1, 0.15) is 25.3 Å². The van der Waals surface area contributed by atoms with E-state index in [1.54, 1.807) is 17.9 Å². The Morgan fingerprint density at radius 2 is 2.06 bits per heavy atom. The van der Waals surface area contributed by atoms with Crippen molar-refractivity contribution in [2.24, 2.45) is 0 Å². The van der Waals surface area contributed by atoms with Crippen LogP contribution in [0.4, 0.5) is 25.0 Å². The van der Waals surface area contributed by atoms with E-state index < -0.39 is 29.5 Å². The molecular weight excluding hydrogens is 486 g/mol. The van der Waals surface area contributed by atoms with Crippen LogP contribution in [-0.4, -0.2) is 55.2 Å². The lowest BCUT2D eigenvalue weighted by molar-refractivity contribution is -0.122. The maximum absolute atomic E-state index is 14.5. The highest BCUT2D eigenvalue weighted by molar-refractivity contribution is 6.30. The molecular formula is C24H25ClF2N2O6. The third-order valence-corrected chi connectivity index (χ3v) is 6.35. The Morgan fingerprint density at radius 1 is 1.26 bits per heavy atom. The van der Waals surface area contributed by atoms with Crippen molar-refractivity contribution in [1.29, 1.82) is 0 Å². The van der Waals surface area contributed by atoms with Gasteiger partial charge < -0.3 is 29.5 Å². The lowest BCUT2D eigenvalue weighted by Gasteiger charge is -2.44. The zero-order valence-corrected chi connectivity index (χ0v) is 19.7. The van der Waals surface area contributed by atoms with E-state index in [9.17, 15) is 23.5 Å². The van der Waals surface area contributed by atoms with Crippen molar-refractivity contribution in [3.63, 3.8) is 0 Å². The number of aliphatic hydroxyl groups is 1. The maximum Gasteiger partial charge on any atom is 0.508 e. The monoisotopic (exact) mass is 510 g/mol. The zero-order chi connectivity index (χ0) is 25.2. The molecule has 2 aromatic carbocycles. The number of amides is 1. The van der Waals surface area contributed by atoms with Crippen LogP contribution < -0.4 is 15.0 Å².